The first-order chi connectivity index (χ1) is 9.61. The van der Waals surface area contributed by atoms with E-state index < -0.39 is 0 Å². The molecule has 1 N–H and O–H groups in total. The van der Waals surface area contributed by atoms with E-state index in [0.29, 0.717) is 25.8 Å². The Bertz CT molecular complexity index is 549. The molecular formula is C15H17NO3S. The fraction of sp³-hybridized carbons (Fsp3) is 0.467. The van der Waals surface area contributed by atoms with Gasteiger partial charge in [0.25, 0.3) is 0 Å². The predicted molar refractivity (Wildman–Crippen MR) is 76.9 cm³/mol. The molecular weight excluding hydrogens is 274 g/mol. The number of thiophene rings is 1. The Kier molecular flexibility index (Phi) is 4.94. The highest BCUT2D eigenvalue weighted by atomic mass is 32.1. The molecule has 0 radical (unpaired) electrons. The average molecular weight is 291 g/mol. The largest absolute Gasteiger partial charge is 0.395 e. The second-order valence-electron chi connectivity index (χ2n) is 4.92. The molecule has 1 saturated heterocycles. The summed E-state index contributed by atoms with van der Waals surface area (Å²) >= 11 is 1.49. The number of nitrogens with zero attached hydrogens (tertiary/aromatic N) is 1. The van der Waals surface area contributed by atoms with Crippen LogP contribution in [-0.4, -0.2) is 28.4 Å². The summed E-state index contributed by atoms with van der Waals surface area (Å²) in [6, 6.07) is 1.88. The lowest BCUT2D eigenvalue weighted by molar-refractivity contribution is -0.150. The molecule has 2 rings (SSSR count). The predicted octanol–water partition coefficient (Wildman–Crippen LogP) is 1.77. The number of piperidine rings is 1. The van der Waals surface area contributed by atoms with Gasteiger partial charge in [0.1, 0.15) is 0 Å². The molecule has 0 saturated carbocycles. The molecule has 5 heteroatoms. The van der Waals surface area contributed by atoms with Crippen LogP contribution in [0.15, 0.2) is 11.4 Å². The van der Waals surface area contributed by atoms with Gasteiger partial charge in [-0.25, -0.2) is 0 Å². The molecule has 0 unspecified atom stereocenters. The van der Waals surface area contributed by atoms with Crippen LogP contribution >= 0.6 is 11.3 Å². The van der Waals surface area contributed by atoms with Gasteiger partial charge in [-0.2, -0.15) is 0 Å². The summed E-state index contributed by atoms with van der Waals surface area (Å²) in [5, 5.41) is 10.6. The molecule has 4 nitrogen and oxygen atoms in total. The molecule has 1 aliphatic rings. The highest BCUT2D eigenvalue weighted by Crippen LogP contribution is 2.24. The first-order valence-electron chi connectivity index (χ1n) is 6.61. The number of imide groups is 1. The lowest BCUT2D eigenvalue weighted by atomic mass is 9.97. The van der Waals surface area contributed by atoms with Crippen LogP contribution < -0.4 is 0 Å². The summed E-state index contributed by atoms with van der Waals surface area (Å²) in [7, 11) is 0. The minimum Gasteiger partial charge on any atom is -0.395 e. The Balaban J connectivity index is 2.11. The molecule has 106 valence electrons. The molecule has 1 aromatic heterocycles. The van der Waals surface area contributed by atoms with Crippen LogP contribution in [-0.2, 0) is 16.1 Å². The van der Waals surface area contributed by atoms with Crippen molar-refractivity contribution >= 4 is 23.2 Å². The van der Waals surface area contributed by atoms with E-state index >= 15 is 0 Å². The molecule has 0 aliphatic carbocycles. The van der Waals surface area contributed by atoms with Crippen molar-refractivity contribution in [2.75, 3.05) is 6.61 Å². The first kappa shape index (κ1) is 14.8. The number of hydrogen-bond donors (Lipinski definition) is 1. The second-order valence-corrected chi connectivity index (χ2v) is 5.92. The van der Waals surface area contributed by atoms with Crippen molar-refractivity contribution in [2.45, 2.75) is 32.7 Å². The standard InChI is InChI=1S/C15H17NO3S/c1-11-8-14(18)16(15(19)9-11)10-13-12(5-7-20-13)4-2-3-6-17/h5,7,11,17H,3,6,8-10H2,1H3. The van der Waals surface area contributed by atoms with Gasteiger partial charge in [0.15, 0.2) is 0 Å². The molecule has 2 heterocycles. The lowest BCUT2D eigenvalue weighted by Crippen LogP contribution is -2.42. The molecule has 1 fully saturated rings. The molecule has 20 heavy (non-hydrogen) atoms. The average Bonchev–Trinajstić information content (AvgIpc) is 2.81. The number of aliphatic hydroxyl groups excluding tert-OH is 1. The van der Waals surface area contributed by atoms with Crippen LogP contribution in [0.4, 0.5) is 0 Å². The summed E-state index contributed by atoms with van der Waals surface area (Å²) in [5.74, 6) is 5.77. The molecule has 0 bridgehead atoms. The third-order valence-electron chi connectivity index (χ3n) is 3.16. The van der Waals surface area contributed by atoms with E-state index in [1.807, 2.05) is 18.4 Å². The number of amides is 2. The normalized spacial score (nSPS) is 16.2. The fourth-order valence-electron chi connectivity index (χ4n) is 2.14. The van der Waals surface area contributed by atoms with Crippen molar-refractivity contribution in [1.29, 1.82) is 0 Å². The van der Waals surface area contributed by atoms with Crippen LogP contribution in [0.3, 0.4) is 0 Å². The number of carbonyl (C=O) groups is 2. The maximum atomic E-state index is 12.0. The van der Waals surface area contributed by atoms with Crippen LogP contribution in [0.1, 0.15) is 36.6 Å². The van der Waals surface area contributed by atoms with Crippen LogP contribution in [0.25, 0.3) is 0 Å². The zero-order chi connectivity index (χ0) is 14.5. The molecule has 0 spiro atoms. The highest BCUT2D eigenvalue weighted by Gasteiger charge is 2.30. The van der Waals surface area contributed by atoms with E-state index in [2.05, 4.69) is 11.8 Å². The SMILES string of the molecule is CC1CC(=O)N(Cc2sccc2C#CCCO)C(=O)C1. The molecule has 1 aromatic rings. The monoisotopic (exact) mass is 291 g/mol. The van der Waals surface area contributed by atoms with E-state index in [-0.39, 0.29) is 24.3 Å². The van der Waals surface area contributed by atoms with Gasteiger partial charge in [-0.3, -0.25) is 14.5 Å². The van der Waals surface area contributed by atoms with Gasteiger partial charge in [-0.15, -0.1) is 11.3 Å². The van der Waals surface area contributed by atoms with Gasteiger partial charge in [-0.05, 0) is 17.4 Å². The van der Waals surface area contributed by atoms with Gasteiger partial charge in [-0.1, -0.05) is 18.8 Å². The maximum absolute atomic E-state index is 12.0. The molecule has 2 amide bonds. The van der Waals surface area contributed by atoms with Crippen molar-refractivity contribution in [2.24, 2.45) is 5.92 Å². The van der Waals surface area contributed by atoms with Gasteiger partial charge in [0.2, 0.25) is 11.8 Å². The minimum absolute atomic E-state index is 0.0352. The van der Waals surface area contributed by atoms with Crippen LogP contribution in [0.5, 0.6) is 0 Å². The first-order valence-corrected chi connectivity index (χ1v) is 7.49. The van der Waals surface area contributed by atoms with E-state index in [4.69, 9.17) is 5.11 Å². The second kappa shape index (κ2) is 6.69. The number of rotatable bonds is 3. The van der Waals surface area contributed by atoms with Crippen molar-refractivity contribution < 1.29 is 14.7 Å². The Hall–Kier alpha value is -1.64. The van der Waals surface area contributed by atoms with Crippen molar-refractivity contribution in [3.05, 3.63) is 21.9 Å². The summed E-state index contributed by atoms with van der Waals surface area (Å²) < 4.78 is 0. The number of carbonyl (C=O) groups excluding carboxylic acids is 2. The number of hydrogen-bond acceptors (Lipinski definition) is 4. The van der Waals surface area contributed by atoms with Crippen LogP contribution in [0.2, 0.25) is 0 Å². The zero-order valence-corrected chi connectivity index (χ0v) is 12.2. The smallest absolute Gasteiger partial charge is 0.229 e. The number of aliphatic hydroxyl groups is 1. The fourth-order valence-corrected chi connectivity index (χ4v) is 2.95. The van der Waals surface area contributed by atoms with Gasteiger partial charge in [0, 0.05) is 29.7 Å². The Labute approximate surface area is 122 Å². The van der Waals surface area contributed by atoms with Crippen molar-refractivity contribution in [3.63, 3.8) is 0 Å². The van der Waals surface area contributed by atoms with Crippen molar-refractivity contribution in [1.82, 2.24) is 4.90 Å². The van der Waals surface area contributed by atoms with E-state index in [1.165, 1.54) is 16.2 Å². The topological polar surface area (TPSA) is 57.6 Å². The lowest BCUT2D eigenvalue weighted by Gasteiger charge is -2.28. The van der Waals surface area contributed by atoms with Crippen LogP contribution in [0, 0.1) is 17.8 Å². The Morgan fingerprint density at radius 2 is 2.10 bits per heavy atom. The summed E-state index contributed by atoms with van der Waals surface area (Å²) in [6.07, 6.45) is 1.29. The van der Waals surface area contributed by atoms with Gasteiger partial charge >= 0.3 is 0 Å². The van der Waals surface area contributed by atoms with E-state index in [0.717, 1.165) is 10.4 Å². The number of likely N-dealkylation sites (tertiary alicyclic amines) is 1. The molecule has 0 aromatic carbocycles. The third-order valence-corrected chi connectivity index (χ3v) is 4.06. The third kappa shape index (κ3) is 3.47. The Morgan fingerprint density at radius 3 is 2.75 bits per heavy atom. The Morgan fingerprint density at radius 1 is 1.40 bits per heavy atom. The van der Waals surface area contributed by atoms with E-state index in [9.17, 15) is 9.59 Å². The van der Waals surface area contributed by atoms with Gasteiger partial charge < -0.3 is 5.11 Å². The van der Waals surface area contributed by atoms with E-state index in [1.54, 1.807) is 0 Å². The summed E-state index contributed by atoms with van der Waals surface area (Å²) in [6.45, 7) is 2.27. The minimum atomic E-state index is -0.101. The van der Waals surface area contributed by atoms with Crippen molar-refractivity contribution in [3.8, 4) is 11.8 Å². The quantitative estimate of drug-likeness (QED) is 0.682. The maximum Gasteiger partial charge on any atom is 0.229 e. The zero-order valence-electron chi connectivity index (χ0n) is 11.4. The van der Waals surface area contributed by atoms with Gasteiger partial charge in [0.05, 0.1) is 13.2 Å². The summed E-state index contributed by atoms with van der Waals surface area (Å²) in [5.41, 5.74) is 0.836. The molecule has 0 atom stereocenters. The highest BCUT2D eigenvalue weighted by molar-refractivity contribution is 7.10. The summed E-state index contributed by atoms with van der Waals surface area (Å²) in [4.78, 5) is 26.2. The molecule has 1 aliphatic heterocycles.